The van der Waals surface area contributed by atoms with Gasteiger partial charge in [0.1, 0.15) is 17.4 Å². The average molecular weight is 393 g/mol. The van der Waals surface area contributed by atoms with Crippen molar-refractivity contribution in [1.29, 1.82) is 0 Å². The molecule has 7 nitrogen and oxygen atoms in total. The Morgan fingerprint density at radius 1 is 1.07 bits per heavy atom. The summed E-state index contributed by atoms with van der Waals surface area (Å²) >= 11 is 0. The van der Waals surface area contributed by atoms with Crippen LogP contribution in [0.2, 0.25) is 0 Å². The second-order valence-corrected chi connectivity index (χ2v) is 8.65. The van der Waals surface area contributed by atoms with Crippen LogP contribution in [0, 0.1) is 13.8 Å². The van der Waals surface area contributed by atoms with Gasteiger partial charge in [-0.2, -0.15) is 0 Å². The number of carboxylic acids is 1. The molecular formula is C21H31NO6. The molecule has 0 aliphatic rings. The van der Waals surface area contributed by atoms with Crippen LogP contribution in [0.4, 0.5) is 4.79 Å². The first kappa shape index (κ1) is 23.5. The zero-order valence-electron chi connectivity index (χ0n) is 17.9. The molecule has 1 rings (SSSR count). The molecule has 0 aromatic heterocycles. The Labute approximate surface area is 166 Å². The van der Waals surface area contributed by atoms with Crippen molar-refractivity contribution in [2.75, 3.05) is 0 Å². The van der Waals surface area contributed by atoms with Crippen LogP contribution in [0.25, 0.3) is 0 Å². The van der Waals surface area contributed by atoms with Crippen LogP contribution in [0.15, 0.2) is 12.1 Å². The lowest BCUT2D eigenvalue weighted by Gasteiger charge is -2.29. The van der Waals surface area contributed by atoms with Gasteiger partial charge in [0.2, 0.25) is 0 Å². The fraction of sp³-hybridized carbons (Fsp3) is 0.571. The van der Waals surface area contributed by atoms with Gasteiger partial charge in [0.05, 0.1) is 6.42 Å². The topological polar surface area (TPSA) is 102 Å². The van der Waals surface area contributed by atoms with Crippen molar-refractivity contribution >= 4 is 18.0 Å². The first-order valence-corrected chi connectivity index (χ1v) is 9.17. The predicted octanol–water partition coefficient (Wildman–Crippen LogP) is 3.87. The van der Waals surface area contributed by atoms with Gasteiger partial charge < -0.3 is 19.9 Å². The highest BCUT2D eigenvalue weighted by Gasteiger charge is 2.32. The molecule has 0 bridgehead atoms. The molecule has 1 amide bonds. The number of nitrogens with one attached hydrogen (secondary N) is 1. The predicted molar refractivity (Wildman–Crippen MR) is 106 cm³/mol. The molecule has 0 aliphatic heterocycles. The third-order valence-corrected chi connectivity index (χ3v) is 4.12. The van der Waals surface area contributed by atoms with Gasteiger partial charge in [-0.25, -0.2) is 9.59 Å². The molecule has 2 N–H and O–H groups in total. The molecule has 1 atom stereocenters. The van der Waals surface area contributed by atoms with Crippen LogP contribution in [0.5, 0.6) is 5.75 Å². The van der Waals surface area contributed by atoms with Crippen molar-refractivity contribution in [3.63, 3.8) is 0 Å². The number of carboxylic acid groups (broad SMARTS) is 1. The maximum Gasteiger partial charge on any atom is 0.408 e. The highest BCUT2D eigenvalue weighted by Crippen LogP contribution is 2.39. The summed E-state index contributed by atoms with van der Waals surface area (Å²) in [4.78, 5) is 35.8. The maximum atomic E-state index is 12.6. The molecule has 0 heterocycles. The number of alkyl carbamates (subject to hydrolysis) is 1. The minimum absolute atomic E-state index is 0.118. The lowest BCUT2D eigenvalue weighted by Crippen LogP contribution is -2.43. The normalized spacial score (nSPS) is 12.9. The number of carbonyl (C=O) groups excluding carboxylic acids is 2. The molecule has 0 radical (unpaired) electrons. The molecule has 0 saturated heterocycles. The maximum absolute atomic E-state index is 12.6. The van der Waals surface area contributed by atoms with E-state index >= 15 is 0 Å². The Morgan fingerprint density at radius 3 is 2.11 bits per heavy atom. The van der Waals surface area contributed by atoms with E-state index < -0.39 is 35.1 Å². The fourth-order valence-electron chi connectivity index (χ4n) is 2.96. The van der Waals surface area contributed by atoms with Gasteiger partial charge >= 0.3 is 18.0 Å². The lowest BCUT2D eigenvalue weighted by atomic mass is 9.78. The smallest absolute Gasteiger partial charge is 0.408 e. The van der Waals surface area contributed by atoms with E-state index in [-0.39, 0.29) is 6.42 Å². The Morgan fingerprint density at radius 2 is 1.61 bits per heavy atom. The quantitative estimate of drug-likeness (QED) is 0.562. The van der Waals surface area contributed by atoms with Crippen molar-refractivity contribution in [3.8, 4) is 5.75 Å². The van der Waals surface area contributed by atoms with Crippen LogP contribution in [-0.2, 0) is 19.7 Å². The number of carbonyl (C=O) groups is 3. The summed E-state index contributed by atoms with van der Waals surface area (Å²) < 4.78 is 10.8. The summed E-state index contributed by atoms with van der Waals surface area (Å²) in [7, 11) is 0. The summed E-state index contributed by atoms with van der Waals surface area (Å²) in [5, 5.41) is 11.7. The van der Waals surface area contributed by atoms with E-state index in [9.17, 15) is 19.5 Å². The third-order valence-electron chi connectivity index (χ3n) is 4.12. The summed E-state index contributed by atoms with van der Waals surface area (Å²) in [6.45, 7) is 13.9. The zero-order chi connectivity index (χ0) is 21.9. The monoisotopic (exact) mass is 393 g/mol. The third kappa shape index (κ3) is 6.55. The highest BCUT2D eigenvalue weighted by atomic mass is 16.6. The number of benzene rings is 1. The fourth-order valence-corrected chi connectivity index (χ4v) is 2.96. The standard InChI is InChI=1S/C21H31NO6/c1-12-9-10-13(2)17(16(12)21(7,8)11-15(23)24)27-18(25)14(3)22-19(26)28-20(4,5)6/h9-10,14H,11H2,1-8H3,(H,22,26)(H,23,24)/t14-/m0/s1. The second kappa shape index (κ2) is 8.63. The molecule has 0 spiro atoms. The molecule has 0 unspecified atom stereocenters. The average Bonchev–Trinajstić information content (AvgIpc) is 2.47. The lowest BCUT2D eigenvalue weighted by molar-refractivity contribution is -0.138. The van der Waals surface area contributed by atoms with E-state index in [1.54, 1.807) is 41.5 Å². The summed E-state index contributed by atoms with van der Waals surface area (Å²) in [6.07, 6.45) is -0.836. The van der Waals surface area contributed by atoms with Gasteiger partial charge in [-0.05, 0) is 52.7 Å². The van der Waals surface area contributed by atoms with Gasteiger partial charge in [0, 0.05) is 11.0 Å². The first-order chi connectivity index (χ1) is 12.6. The van der Waals surface area contributed by atoms with Crippen LogP contribution < -0.4 is 10.1 Å². The molecule has 0 saturated carbocycles. The van der Waals surface area contributed by atoms with E-state index in [2.05, 4.69) is 5.32 Å². The summed E-state index contributed by atoms with van der Waals surface area (Å²) in [5.41, 5.74) is 0.755. The number of ether oxygens (including phenoxy) is 2. The van der Waals surface area contributed by atoms with E-state index in [0.717, 1.165) is 5.56 Å². The number of amides is 1. The minimum Gasteiger partial charge on any atom is -0.481 e. The molecular weight excluding hydrogens is 362 g/mol. The minimum atomic E-state index is -0.942. The van der Waals surface area contributed by atoms with Crippen molar-refractivity contribution in [2.24, 2.45) is 0 Å². The van der Waals surface area contributed by atoms with Gasteiger partial charge in [-0.1, -0.05) is 26.0 Å². The number of aryl methyl sites for hydroxylation is 2. The summed E-state index contributed by atoms with van der Waals surface area (Å²) in [6, 6.07) is 2.74. The number of hydrogen-bond acceptors (Lipinski definition) is 5. The second-order valence-electron chi connectivity index (χ2n) is 8.65. The molecule has 0 fully saturated rings. The van der Waals surface area contributed by atoms with Gasteiger partial charge in [-0.15, -0.1) is 0 Å². The van der Waals surface area contributed by atoms with E-state index in [1.807, 2.05) is 19.1 Å². The van der Waals surface area contributed by atoms with Crippen molar-refractivity contribution in [2.45, 2.75) is 78.9 Å². The molecule has 0 aliphatic carbocycles. The molecule has 1 aromatic carbocycles. The molecule has 28 heavy (non-hydrogen) atoms. The highest BCUT2D eigenvalue weighted by molar-refractivity contribution is 5.83. The Bertz CT molecular complexity index is 761. The van der Waals surface area contributed by atoms with Crippen molar-refractivity contribution in [1.82, 2.24) is 5.32 Å². The largest absolute Gasteiger partial charge is 0.481 e. The van der Waals surface area contributed by atoms with Crippen LogP contribution in [0.1, 0.15) is 64.7 Å². The molecule has 7 heteroatoms. The SMILES string of the molecule is Cc1ccc(C)c(C(C)(C)CC(=O)O)c1OC(=O)[C@H](C)NC(=O)OC(C)(C)C. The zero-order valence-corrected chi connectivity index (χ0v) is 17.9. The number of rotatable bonds is 6. The van der Waals surface area contributed by atoms with Crippen LogP contribution in [0.3, 0.4) is 0 Å². The van der Waals surface area contributed by atoms with Gasteiger partial charge in [0.15, 0.2) is 0 Å². The van der Waals surface area contributed by atoms with Crippen molar-refractivity contribution < 1.29 is 29.0 Å². The Hall–Kier alpha value is -2.57. The van der Waals surface area contributed by atoms with Crippen LogP contribution >= 0.6 is 0 Å². The van der Waals surface area contributed by atoms with Crippen molar-refractivity contribution in [3.05, 3.63) is 28.8 Å². The summed E-state index contributed by atoms with van der Waals surface area (Å²) in [5.74, 6) is -1.27. The van der Waals surface area contributed by atoms with Gasteiger partial charge in [0.25, 0.3) is 0 Å². The number of esters is 1. The Kier molecular flexibility index (Phi) is 7.23. The van der Waals surface area contributed by atoms with E-state index in [1.165, 1.54) is 6.92 Å². The molecule has 1 aromatic rings. The van der Waals surface area contributed by atoms with Crippen LogP contribution in [-0.4, -0.2) is 34.8 Å². The van der Waals surface area contributed by atoms with Gasteiger partial charge in [-0.3, -0.25) is 4.79 Å². The van der Waals surface area contributed by atoms with E-state index in [4.69, 9.17) is 9.47 Å². The number of hydrogen-bond donors (Lipinski definition) is 2. The number of aliphatic carboxylic acids is 1. The Balaban J connectivity index is 3.11. The first-order valence-electron chi connectivity index (χ1n) is 9.17. The molecule has 156 valence electrons. The van der Waals surface area contributed by atoms with E-state index in [0.29, 0.717) is 16.9 Å².